The average molecular weight is 403 g/mol. The van der Waals surface area contributed by atoms with Gasteiger partial charge in [0.25, 0.3) is 0 Å². The predicted octanol–water partition coefficient (Wildman–Crippen LogP) is 3.90. The van der Waals surface area contributed by atoms with Gasteiger partial charge in [-0.2, -0.15) is 0 Å². The summed E-state index contributed by atoms with van der Waals surface area (Å²) in [4.78, 5) is 12.8. The molecule has 2 aromatic carbocycles. The number of para-hydroxylation sites is 1. The highest BCUT2D eigenvalue weighted by molar-refractivity contribution is 7.92. The van der Waals surface area contributed by atoms with Crippen LogP contribution in [0.5, 0.6) is 0 Å². The second-order valence-electron chi connectivity index (χ2n) is 7.12. The lowest BCUT2D eigenvalue weighted by Crippen LogP contribution is -2.41. The lowest BCUT2D eigenvalue weighted by molar-refractivity contribution is -0.120. The van der Waals surface area contributed by atoms with Crippen LogP contribution in [0.3, 0.4) is 0 Å². The van der Waals surface area contributed by atoms with Crippen molar-refractivity contribution < 1.29 is 13.2 Å². The Kier molecular flexibility index (Phi) is 7.24. The van der Waals surface area contributed by atoms with Crippen molar-refractivity contribution in [3.8, 4) is 0 Å². The summed E-state index contributed by atoms with van der Waals surface area (Å²) < 4.78 is 26.0. The second-order valence-corrected chi connectivity index (χ2v) is 9.03. The first kappa shape index (κ1) is 22.0. The summed E-state index contributed by atoms with van der Waals surface area (Å²) in [6.07, 6.45) is 2.54. The summed E-state index contributed by atoms with van der Waals surface area (Å²) in [5, 5.41) is 2.99. The van der Waals surface area contributed by atoms with Crippen molar-refractivity contribution in [1.29, 1.82) is 0 Å². The fraction of sp³-hybridized carbons (Fsp3) is 0.409. The molecule has 0 heterocycles. The number of hydrogen-bond donors (Lipinski definition) is 1. The summed E-state index contributed by atoms with van der Waals surface area (Å²) in [7, 11) is -3.59. The molecule has 0 aromatic heterocycles. The minimum Gasteiger partial charge on any atom is -0.348 e. The molecule has 0 aliphatic rings. The van der Waals surface area contributed by atoms with Crippen molar-refractivity contribution in [3.05, 3.63) is 64.7 Å². The molecule has 0 saturated heterocycles. The number of carbonyl (C=O) groups excluding carboxylic acids is 1. The van der Waals surface area contributed by atoms with Crippen molar-refractivity contribution >= 4 is 21.6 Å². The normalized spacial score (nSPS) is 12.5. The van der Waals surface area contributed by atoms with Crippen LogP contribution in [-0.2, 0) is 21.2 Å². The van der Waals surface area contributed by atoms with E-state index in [1.165, 1.54) is 15.4 Å². The van der Waals surface area contributed by atoms with E-state index in [4.69, 9.17) is 0 Å². The molecule has 0 radical (unpaired) electrons. The van der Waals surface area contributed by atoms with Gasteiger partial charge in [0.15, 0.2) is 0 Å². The van der Waals surface area contributed by atoms with Crippen molar-refractivity contribution in [2.45, 2.75) is 46.6 Å². The first-order valence-electron chi connectivity index (χ1n) is 9.59. The highest BCUT2D eigenvalue weighted by Crippen LogP contribution is 2.24. The summed E-state index contributed by atoms with van der Waals surface area (Å²) in [6, 6.07) is 13.3. The predicted molar refractivity (Wildman–Crippen MR) is 115 cm³/mol. The van der Waals surface area contributed by atoms with Crippen molar-refractivity contribution in [1.82, 2.24) is 5.32 Å². The van der Waals surface area contributed by atoms with Crippen LogP contribution in [0, 0.1) is 13.8 Å². The highest BCUT2D eigenvalue weighted by atomic mass is 32.2. The molecule has 1 amide bonds. The van der Waals surface area contributed by atoms with Crippen molar-refractivity contribution in [3.63, 3.8) is 0 Å². The molecule has 5 nitrogen and oxygen atoms in total. The number of aryl methyl sites for hydroxylation is 3. The molecular weight excluding hydrogens is 372 g/mol. The number of amides is 1. The van der Waals surface area contributed by atoms with Crippen LogP contribution in [-0.4, -0.2) is 27.1 Å². The van der Waals surface area contributed by atoms with E-state index in [0.717, 1.165) is 23.8 Å². The van der Waals surface area contributed by atoms with Gasteiger partial charge >= 0.3 is 0 Å². The minimum atomic E-state index is -3.59. The van der Waals surface area contributed by atoms with E-state index in [0.29, 0.717) is 12.1 Å². The number of carbonyl (C=O) groups is 1. The van der Waals surface area contributed by atoms with Gasteiger partial charge in [-0.1, -0.05) is 50.2 Å². The third kappa shape index (κ3) is 5.35. The summed E-state index contributed by atoms with van der Waals surface area (Å²) in [5.74, 6) is -0.318. The fourth-order valence-corrected chi connectivity index (χ4v) is 4.09. The molecule has 6 heteroatoms. The minimum absolute atomic E-state index is 0.158. The van der Waals surface area contributed by atoms with E-state index < -0.39 is 10.0 Å². The zero-order chi connectivity index (χ0) is 20.9. The maximum atomic E-state index is 12.8. The number of hydrogen-bond acceptors (Lipinski definition) is 3. The fourth-order valence-electron chi connectivity index (χ4n) is 3.21. The molecular formula is C22H30N2O3S. The van der Waals surface area contributed by atoms with E-state index in [2.05, 4.69) is 11.4 Å². The van der Waals surface area contributed by atoms with Crippen LogP contribution in [0.1, 0.15) is 48.6 Å². The second kappa shape index (κ2) is 9.24. The highest BCUT2D eigenvalue weighted by Gasteiger charge is 2.24. The number of rotatable bonds is 8. The molecule has 0 saturated carbocycles. The SMILES string of the molecule is CCc1ccccc1N(CC(=O)N[C@H](CC)c1ccc(C)c(C)c1)S(C)(=O)=O. The maximum Gasteiger partial charge on any atom is 0.241 e. The quantitative estimate of drug-likeness (QED) is 0.728. The molecule has 1 atom stereocenters. The lowest BCUT2D eigenvalue weighted by atomic mass is 9.99. The van der Waals surface area contributed by atoms with E-state index in [1.807, 2.05) is 52.0 Å². The number of anilines is 1. The molecule has 0 unspecified atom stereocenters. The Morgan fingerprint density at radius 3 is 2.32 bits per heavy atom. The summed E-state index contributed by atoms with van der Waals surface area (Å²) in [6.45, 7) is 7.82. The first-order valence-corrected chi connectivity index (χ1v) is 11.4. The third-order valence-corrected chi connectivity index (χ3v) is 6.13. The van der Waals surface area contributed by atoms with Gasteiger partial charge in [-0.15, -0.1) is 0 Å². The molecule has 28 heavy (non-hydrogen) atoms. The van der Waals surface area contributed by atoms with Gasteiger partial charge in [0, 0.05) is 0 Å². The Morgan fingerprint density at radius 1 is 1.07 bits per heavy atom. The maximum absolute atomic E-state index is 12.8. The zero-order valence-corrected chi connectivity index (χ0v) is 18.1. The monoisotopic (exact) mass is 402 g/mol. The Hall–Kier alpha value is -2.34. The van der Waals surface area contributed by atoms with E-state index in [9.17, 15) is 13.2 Å². The van der Waals surface area contributed by atoms with Crippen LogP contribution in [0.15, 0.2) is 42.5 Å². The van der Waals surface area contributed by atoms with Gasteiger partial charge in [-0.3, -0.25) is 9.10 Å². The van der Waals surface area contributed by atoms with E-state index >= 15 is 0 Å². The summed E-state index contributed by atoms with van der Waals surface area (Å²) in [5.41, 5.74) is 4.84. The van der Waals surface area contributed by atoms with E-state index in [-0.39, 0.29) is 18.5 Å². The zero-order valence-electron chi connectivity index (χ0n) is 17.3. The largest absolute Gasteiger partial charge is 0.348 e. The van der Waals surface area contributed by atoms with Crippen molar-refractivity contribution in [2.24, 2.45) is 0 Å². The Bertz CT molecular complexity index is 939. The van der Waals surface area contributed by atoms with Crippen LogP contribution in [0.4, 0.5) is 5.69 Å². The van der Waals surface area contributed by atoms with Crippen LogP contribution < -0.4 is 9.62 Å². The van der Waals surface area contributed by atoms with Gasteiger partial charge in [0.05, 0.1) is 18.0 Å². The van der Waals surface area contributed by atoms with Gasteiger partial charge in [-0.25, -0.2) is 8.42 Å². The summed E-state index contributed by atoms with van der Waals surface area (Å²) >= 11 is 0. The number of sulfonamides is 1. The Morgan fingerprint density at radius 2 is 1.75 bits per heavy atom. The van der Waals surface area contributed by atoms with Crippen molar-refractivity contribution in [2.75, 3.05) is 17.1 Å². The third-order valence-electron chi connectivity index (χ3n) is 5.01. The van der Waals surface area contributed by atoms with Crippen LogP contribution in [0.25, 0.3) is 0 Å². The van der Waals surface area contributed by atoms with Gasteiger partial charge in [-0.05, 0) is 55.0 Å². The standard InChI is InChI=1S/C22H30N2O3S/c1-6-18-10-8-9-11-21(18)24(28(5,26)27)15-22(25)23-20(7-2)19-13-12-16(3)17(4)14-19/h8-14,20H,6-7,15H2,1-5H3,(H,23,25)/t20-/m1/s1. The molecule has 152 valence electrons. The van der Waals surface area contributed by atoms with Crippen LogP contribution >= 0.6 is 0 Å². The lowest BCUT2D eigenvalue weighted by Gasteiger charge is -2.26. The molecule has 0 aliphatic heterocycles. The smallest absolute Gasteiger partial charge is 0.241 e. The molecule has 0 spiro atoms. The molecule has 0 fully saturated rings. The molecule has 0 aliphatic carbocycles. The first-order chi connectivity index (χ1) is 13.2. The molecule has 0 bridgehead atoms. The number of nitrogens with one attached hydrogen (secondary N) is 1. The van der Waals surface area contributed by atoms with Gasteiger partial charge in [0.2, 0.25) is 15.9 Å². The number of benzene rings is 2. The van der Waals surface area contributed by atoms with Crippen LogP contribution in [0.2, 0.25) is 0 Å². The number of nitrogens with zero attached hydrogens (tertiary/aromatic N) is 1. The average Bonchev–Trinajstić information content (AvgIpc) is 2.65. The van der Waals surface area contributed by atoms with Gasteiger partial charge in [0.1, 0.15) is 6.54 Å². The molecule has 1 N–H and O–H groups in total. The molecule has 2 rings (SSSR count). The van der Waals surface area contributed by atoms with Gasteiger partial charge < -0.3 is 5.32 Å². The topological polar surface area (TPSA) is 66.5 Å². The Balaban J connectivity index is 2.24. The van der Waals surface area contributed by atoms with E-state index in [1.54, 1.807) is 12.1 Å². The Labute approximate surface area is 168 Å². The molecule has 2 aromatic rings.